The highest BCUT2D eigenvalue weighted by Gasteiger charge is 2.37. The van der Waals surface area contributed by atoms with E-state index in [2.05, 4.69) is 103 Å². The Morgan fingerprint density at radius 3 is 2.33 bits per heavy atom. The minimum absolute atomic E-state index is 0.0856. The number of nitrogens with zero attached hydrogens (tertiary/aromatic N) is 3. The van der Waals surface area contributed by atoms with Crippen molar-refractivity contribution in [3.05, 3.63) is 138 Å². The third kappa shape index (κ3) is 3.43. The first-order valence-electron chi connectivity index (χ1n) is 15.1. The molecule has 0 atom stereocenters. The maximum Gasteiger partial charge on any atom is 0.0998 e. The van der Waals surface area contributed by atoms with Gasteiger partial charge in [-0.3, -0.25) is 0 Å². The third-order valence-electron chi connectivity index (χ3n) is 9.65. The summed E-state index contributed by atoms with van der Waals surface area (Å²) in [5, 5.41) is 24.6. The number of rotatable bonds is 2. The van der Waals surface area contributed by atoms with Crippen molar-refractivity contribution in [1.29, 1.82) is 10.5 Å². The van der Waals surface area contributed by atoms with E-state index in [9.17, 15) is 10.5 Å². The highest BCUT2D eigenvalue weighted by molar-refractivity contribution is 7.26. The van der Waals surface area contributed by atoms with E-state index in [4.69, 9.17) is 0 Å². The molecule has 0 amide bonds. The summed E-state index contributed by atoms with van der Waals surface area (Å²) < 4.78 is 4.82. The molecule has 1 aliphatic rings. The lowest BCUT2D eigenvalue weighted by Crippen LogP contribution is -2.14. The first-order chi connectivity index (χ1) is 22.0. The quantitative estimate of drug-likeness (QED) is 0.201. The van der Waals surface area contributed by atoms with Crippen molar-refractivity contribution in [1.82, 2.24) is 4.57 Å². The van der Waals surface area contributed by atoms with Crippen molar-refractivity contribution in [3.63, 3.8) is 0 Å². The van der Waals surface area contributed by atoms with Gasteiger partial charge in [0.2, 0.25) is 0 Å². The molecule has 4 heteroatoms. The van der Waals surface area contributed by atoms with E-state index >= 15 is 0 Å². The number of fused-ring (bicyclic) bond motifs is 10. The van der Waals surface area contributed by atoms with Gasteiger partial charge in [0, 0.05) is 41.9 Å². The average molecular weight is 592 g/mol. The summed E-state index contributed by atoms with van der Waals surface area (Å²) in [6.45, 7) is 4.68. The van der Waals surface area contributed by atoms with Crippen molar-refractivity contribution in [3.8, 4) is 40.1 Å². The van der Waals surface area contributed by atoms with Crippen molar-refractivity contribution in [2.75, 3.05) is 0 Å². The first kappa shape index (κ1) is 25.8. The van der Waals surface area contributed by atoms with Crippen molar-refractivity contribution in [2.45, 2.75) is 19.3 Å². The molecule has 6 aromatic carbocycles. The number of benzene rings is 6. The lowest BCUT2D eigenvalue weighted by Gasteiger charge is -2.22. The minimum atomic E-state index is -0.0856. The molecule has 0 fully saturated rings. The van der Waals surface area contributed by atoms with Gasteiger partial charge in [-0.1, -0.05) is 80.6 Å². The predicted octanol–water partition coefficient (Wildman–Crippen LogP) is 10.9. The monoisotopic (exact) mass is 591 g/mol. The molecule has 0 N–H and O–H groups in total. The van der Waals surface area contributed by atoms with Gasteiger partial charge in [0.05, 0.1) is 40.0 Å². The molecule has 0 saturated carbocycles. The van der Waals surface area contributed by atoms with Crippen molar-refractivity contribution in [2.24, 2.45) is 0 Å². The number of aromatic nitrogens is 1. The Kier molecular flexibility index (Phi) is 5.25. The highest BCUT2D eigenvalue weighted by Crippen LogP contribution is 2.54. The normalized spacial score (nSPS) is 13.2. The Hall–Kier alpha value is -5.68. The van der Waals surface area contributed by atoms with Crippen LogP contribution in [0.2, 0.25) is 0 Å². The zero-order chi connectivity index (χ0) is 30.4. The van der Waals surface area contributed by atoms with E-state index in [-0.39, 0.29) is 5.41 Å². The van der Waals surface area contributed by atoms with Crippen LogP contribution >= 0.6 is 11.3 Å². The largest absolute Gasteiger partial charge is 0.309 e. The molecule has 0 aliphatic heterocycles. The van der Waals surface area contributed by atoms with Crippen LogP contribution < -0.4 is 0 Å². The van der Waals surface area contributed by atoms with Crippen molar-refractivity contribution >= 4 is 53.3 Å². The molecule has 0 radical (unpaired) electrons. The molecule has 45 heavy (non-hydrogen) atoms. The molecule has 2 heterocycles. The molecule has 8 aromatic rings. The van der Waals surface area contributed by atoms with E-state index < -0.39 is 0 Å². The van der Waals surface area contributed by atoms with Crippen LogP contribution in [0.25, 0.3) is 69.9 Å². The van der Waals surface area contributed by atoms with Gasteiger partial charge in [-0.25, -0.2) is 0 Å². The molecule has 210 valence electrons. The van der Waals surface area contributed by atoms with Crippen LogP contribution in [-0.4, -0.2) is 4.57 Å². The maximum absolute atomic E-state index is 10.4. The Morgan fingerprint density at radius 1 is 0.644 bits per heavy atom. The molecule has 3 nitrogen and oxygen atoms in total. The van der Waals surface area contributed by atoms with E-state index in [1.807, 2.05) is 53.8 Å². The van der Waals surface area contributed by atoms with Crippen LogP contribution in [-0.2, 0) is 5.41 Å². The molecule has 0 saturated heterocycles. The second-order valence-electron chi connectivity index (χ2n) is 12.4. The van der Waals surface area contributed by atoms with Crippen LogP contribution in [0.5, 0.6) is 0 Å². The molecule has 1 aliphatic carbocycles. The van der Waals surface area contributed by atoms with Gasteiger partial charge < -0.3 is 4.57 Å². The van der Waals surface area contributed by atoms with Gasteiger partial charge in [-0.15, -0.1) is 11.3 Å². The Labute approximate surface area is 264 Å². The van der Waals surface area contributed by atoms with Crippen molar-refractivity contribution < 1.29 is 0 Å². The summed E-state index contributed by atoms with van der Waals surface area (Å²) in [6.07, 6.45) is 0. The third-order valence-corrected chi connectivity index (χ3v) is 10.9. The minimum Gasteiger partial charge on any atom is -0.309 e. The van der Waals surface area contributed by atoms with Gasteiger partial charge in [0.15, 0.2) is 0 Å². The van der Waals surface area contributed by atoms with Crippen LogP contribution in [0, 0.1) is 22.7 Å². The number of hydrogen-bond acceptors (Lipinski definition) is 3. The molecule has 0 spiro atoms. The number of para-hydroxylation sites is 1. The molecular weight excluding hydrogens is 567 g/mol. The van der Waals surface area contributed by atoms with Crippen LogP contribution in [0.1, 0.15) is 36.1 Å². The summed E-state index contributed by atoms with van der Waals surface area (Å²) in [7, 11) is 0. The standard InChI is InChI=1S/C41H25N3S/c1-41(2)33-11-5-3-9-27(33)29-16-17-30-32-21-25(15-19-37(32)45-40(30)39(29)41)38-26(23-43)8-7-13-36(38)44-34-12-6-4-10-28(34)31-20-24(22-42)14-18-35(31)44/h3-21H,1-2H3. The highest BCUT2D eigenvalue weighted by atomic mass is 32.1. The van der Waals surface area contributed by atoms with E-state index in [0.717, 1.165) is 38.6 Å². The fourth-order valence-electron chi connectivity index (χ4n) is 7.66. The fourth-order valence-corrected chi connectivity index (χ4v) is 9.05. The SMILES string of the molecule is CC1(C)c2ccccc2-c2ccc3c(sc4ccc(-c5c(C#N)cccc5-n5c6ccccc6c6cc(C#N)ccc65)cc43)c21. The second-order valence-corrected chi connectivity index (χ2v) is 13.4. The Balaban J connectivity index is 1.32. The number of nitriles is 2. The van der Waals surface area contributed by atoms with Gasteiger partial charge in [0.25, 0.3) is 0 Å². The van der Waals surface area contributed by atoms with Gasteiger partial charge >= 0.3 is 0 Å². The molecular formula is C41H25N3S. The molecule has 0 unspecified atom stereocenters. The fraction of sp³-hybridized carbons (Fsp3) is 0.0732. The maximum atomic E-state index is 10.4. The summed E-state index contributed by atoms with van der Waals surface area (Å²) >= 11 is 1.87. The summed E-state index contributed by atoms with van der Waals surface area (Å²) in [6, 6.07) is 44.9. The zero-order valence-corrected chi connectivity index (χ0v) is 25.5. The zero-order valence-electron chi connectivity index (χ0n) is 24.7. The lowest BCUT2D eigenvalue weighted by atomic mass is 9.82. The van der Waals surface area contributed by atoms with E-state index in [0.29, 0.717) is 11.1 Å². The smallest absolute Gasteiger partial charge is 0.0998 e. The lowest BCUT2D eigenvalue weighted by molar-refractivity contribution is 0.667. The Morgan fingerprint density at radius 2 is 1.47 bits per heavy atom. The van der Waals surface area contributed by atoms with Crippen LogP contribution in [0.4, 0.5) is 0 Å². The predicted molar refractivity (Wildman–Crippen MR) is 186 cm³/mol. The second kappa shape index (κ2) is 9.16. The van der Waals surface area contributed by atoms with Crippen LogP contribution in [0.15, 0.2) is 115 Å². The van der Waals surface area contributed by atoms with E-state index in [1.54, 1.807) is 0 Å². The number of thiophene rings is 1. The van der Waals surface area contributed by atoms with Gasteiger partial charge in [-0.2, -0.15) is 10.5 Å². The summed E-state index contributed by atoms with van der Waals surface area (Å²) in [5.74, 6) is 0. The summed E-state index contributed by atoms with van der Waals surface area (Å²) in [5.41, 5.74) is 11.5. The molecule has 0 bridgehead atoms. The first-order valence-corrected chi connectivity index (χ1v) is 15.9. The van der Waals surface area contributed by atoms with Gasteiger partial charge in [-0.05, 0) is 76.3 Å². The summed E-state index contributed by atoms with van der Waals surface area (Å²) in [4.78, 5) is 0. The van der Waals surface area contributed by atoms with Crippen LogP contribution in [0.3, 0.4) is 0 Å². The number of hydrogen-bond donors (Lipinski definition) is 0. The topological polar surface area (TPSA) is 52.5 Å². The molecule has 2 aromatic heterocycles. The Bertz CT molecular complexity index is 2650. The molecule has 9 rings (SSSR count). The van der Waals surface area contributed by atoms with Gasteiger partial charge in [0.1, 0.15) is 0 Å². The average Bonchev–Trinajstić information content (AvgIpc) is 3.69. The van der Waals surface area contributed by atoms with E-state index in [1.165, 1.54) is 42.4 Å².